The molecule has 0 heterocycles. The molecule has 4 heteroatoms. The Hall–Kier alpha value is -0.620. The van der Waals surface area contributed by atoms with Crippen LogP contribution in [0.1, 0.15) is 18.4 Å². The van der Waals surface area contributed by atoms with Gasteiger partial charge in [-0.15, -0.1) is 0 Å². The Morgan fingerprint density at radius 3 is 2.36 bits per heavy atom. The zero-order valence-electron chi connectivity index (χ0n) is 7.55. The van der Waals surface area contributed by atoms with Crippen molar-refractivity contribution in [3.05, 3.63) is 33.4 Å². The molecular weight excluding hydrogens is 291 g/mol. The van der Waals surface area contributed by atoms with Gasteiger partial charge in [-0.25, -0.2) is 0 Å². The highest BCUT2D eigenvalue weighted by Gasteiger charge is 2.48. The second kappa shape index (κ2) is 3.51. The lowest BCUT2D eigenvalue weighted by Gasteiger charge is -2.15. The molecule has 0 aromatic heterocycles. The Kier molecular flexibility index (Phi) is 2.48. The number of benzene rings is 1. The summed E-state index contributed by atoms with van der Waals surface area (Å²) in [6.45, 7) is 0. The first-order valence-corrected chi connectivity index (χ1v) is 5.52. The molecule has 1 fully saturated rings. The topological polar surface area (TPSA) is 56.1 Å². The van der Waals surface area contributed by atoms with Crippen LogP contribution >= 0.6 is 22.6 Å². The van der Waals surface area contributed by atoms with Gasteiger partial charge in [-0.05, 0) is 53.1 Å². The van der Waals surface area contributed by atoms with E-state index < -0.39 is 0 Å². The Morgan fingerprint density at radius 1 is 1.36 bits per heavy atom. The maximum Gasteiger partial charge on any atom is 0.128 e. The first-order valence-electron chi connectivity index (χ1n) is 4.44. The molecule has 0 radical (unpaired) electrons. The highest BCUT2D eigenvalue weighted by molar-refractivity contribution is 14.1. The van der Waals surface area contributed by atoms with Crippen molar-refractivity contribution in [3.8, 4) is 0 Å². The van der Waals surface area contributed by atoms with Crippen molar-refractivity contribution in [2.45, 2.75) is 18.3 Å². The normalized spacial score (nSPS) is 17.6. The molecule has 1 saturated carbocycles. The monoisotopic (exact) mass is 302 g/mol. The third-order valence-corrected chi connectivity index (χ3v) is 3.46. The first-order chi connectivity index (χ1) is 6.69. The van der Waals surface area contributed by atoms with Crippen LogP contribution in [0.15, 0.2) is 24.3 Å². The van der Waals surface area contributed by atoms with Crippen molar-refractivity contribution in [1.29, 1.82) is 5.41 Å². The Labute approximate surface area is 96.1 Å². The van der Waals surface area contributed by atoms with E-state index in [1.54, 1.807) is 0 Å². The van der Waals surface area contributed by atoms with E-state index in [2.05, 4.69) is 22.6 Å². The predicted molar refractivity (Wildman–Crippen MR) is 62.7 cm³/mol. The minimum Gasteiger partial charge on any atom is -0.290 e. The van der Waals surface area contributed by atoms with Gasteiger partial charge in [-0.1, -0.05) is 12.1 Å². The molecule has 1 aliphatic rings. The fraction of sp³-hybridized carbons (Fsp3) is 0.300. The molecule has 0 saturated heterocycles. The quantitative estimate of drug-likeness (QED) is 0.340. The van der Waals surface area contributed by atoms with Gasteiger partial charge < -0.3 is 0 Å². The summed E-state index contributed by atoms with van der Waals surface area (Å²) in [5, 5.41) is 16.4. The number of amidine groups is 1. The summed E-state index contributed by atoms with van der Waals surface area (Å²) in [4.78, 5) is 0. The molecule has 1 aromatic rings. The largest absolute Gasteiger partial charge is 0.290 e. The molecule has 0 unspecified atom stereocenters. The summed E-state index contributed by atoms with van der Waals surface area (Å²) in [7, 11) is 0. The van der Waals surface area contributed by atoms with Crippen LogP contribution in [0.25, 0.3) is 0 Å². The second-order valence-electron chi connectivity index (χ2n) is 3.58. The van der Waals surface area contributed by atoms with Crippen LogP contribution in [0.3, 0.4) is 0 Å². The van der Waals surface area contributed by atoms with Crippen molar-refractivity contribution >= 4 is 28.4 Å². The number of hydrogen-bond donors (Lipinski definition) is 3. The molecule has 74 valence electrons. The maximum atomic E-state index is 8.75. The predicted octanol–water partition coefficient (Wildman–Crippen LogP) is 2.28. The number of hydrogen-bond acceptors (Lipinski definition) is 2. The van der Waals surface area contributed by atoms with Crippen LogP contribution in [0.5, 0.6) is 0 Å². The van der Waals surface area contributed by atoms with E-state index in [1.165, 1.54) is 3.57 Å². The lowest BCUT2D eigenvalue weighted by atomic mass is 9.95. The van der Waals surface area contributed by atoms with E-state index >= 15 is 0 Å². The molecule has 1 aromatic carbocycles. The fourth-order valence-electron chi connectivity index (χ4n) is 1.68. The molecule has 3 nitrogen and oxygen atoms in total. The van der Waals surface area contributed by atoms with Gasteiger partial charge in [0.15, 0.2) is 0 Å². The highest BCUT2D eigenvalue weighted by Crippen LogP contribution is 2.48. The standard InChI is InChI=1S/C10H11IN2O/c11-8-3-1-7(2-4-8)10(5-6-10)9(12)13-14/h1-4,14H,5-6H2,(H2,12,13). The van der Waals surface area contributed by atoms with Gasteiger partial charge in [-0.3, -0.25) is 16.1 Å². The summed E-state index contributed by atoms with van der Waals surface area (Å²) in [6.07, 6.45) is 1.89. The van der Waals surface area contributed by atoms with Crippen LogP contribution in [0, 0.1) is 8.98 Å². The summed E-state index contributed by atoms with van der Waals surface area (Å²) in [5.74, 6) is 0.207. The van der Waals surface area contributed by atoms with E-state index in [9.17, 15) is 0 Å². The number of nitrogens with one attached hydrogen (secondary N) is 2. The van der Waals surface area contributed by atoms with Crippen LogP contribution in [-0.2, 0) is 5.41 Å². The van der Waals surface area contributed by atoms with Gasteiger partial charge in [0.1, 0.15) is 5.84 Å². The SMILES string of the molecule is N=C(NO)C1(c2ccc(I)cc2)CC1. The molecule has 14 heavy (non-hydrogen) atoms. The molecule has 1 aliphatic carbocycles. The minimum absolute atomic E-state index is 0.207. The summed E-state index contributed by atoms with van der Waals surface area (Å²) in [5.41, 5.74) is 2.84. The number of rotatable bonds is 2. The van der Waals surface area contributed by atoms with Gasteiger partial charge in [0, 0.05) is 3.57 Å². The van der Waals surface area contributed by atoms with E-state index in [1.807, 2.05) is 29.7 Å². The highest BCUT2D eigenvalue weighted by atomic mass is 127. The van der Waals surface area contributed by atoms with E-state index in [-0.39, 0.29) is 11.3 Å². The van der Waals surface area contributed by atoms with Crippen LogP contribution in [0.4, 0.5) is 0 Å². The average molecular weight is 302 g/mol. The number of hydroxylamine groups is 1. The van der Waals surface area contributed by atoms with Gasteiger partial charge in [0.25, 0.3) is 0 Å². The molecule has 0 aliphatic heterocycles. The minimum atomic E-state index is -0.237. The van der Waals surface area contributed by atoms with Crippen molar-refractivity contribution < 1.29 is 5.21 Å². The summed E-state index contributed by atoms with van der Waals surface area (Å²) in [6, 6.07) is 8.11. The van der Waals surface area contributed by atoms with Gasteiger partial charge >= 0.3 is 0 Å². The average Bonchev–Trinajstić information content (AvgIpc) is 2.99. The molecule has 2 rings (SSSR count). The molecule has 0 atom stereocenters. The lowest BCUT2D eigenvalue weighted by Crippen LogP contribution is -2.31. The maximum absolute atomic E-state index is 8.75. The summed E-state index contributed by atoms with van der Waals surface area (Å²) < 4.78 is 1.19. The molecule has 3 N–H and O–H groups in total. The van der Waals surface area contributed by atoms with E-state index in [0.29, 0.717) is 0 Å². The molecular formula is C10H11IN2O. The second-order valence-corrected chi connectivity index (χ2v) is 4.82. The first kappa shape index (κ1) is 9.92. The Bertz CT molecular complexity index is 357. The Morgan fingerprint density at radius 2 is 1.93 bits per heavy atom. The van der Waals surface area contributed by atoms with Gasteiger partial charge in [0.2, 0.25) is 0 Å². The van der Waals surface area contributed by atoms with E-state index in [4.69, 9.17) is 10.6 Å². The lowest BCUT2D eigenvalue weighted by molar-refractivity contribution is 0.228. The number of halogens is 1. The van der Waals surface area contributed by atoms with Crippen LogP contribution in [0.2, 0.25) is 0 Å². The summed E-state index contributed by atoms with van der Waals surface area (Å²) >= 11 is 2.25. The van der Waals surface area contributed by atoms with Crippen molar-refractivity contribution in [2.24, 2.45) is 0 Å². The van der Waals surface area contributed by atoms with Crippen LogP contribution < -0.4 is 5.48 Å². The van der Waals surface area contributed by atoms with Gasteiger partial charge in [-0.2, -0.15) is 0 Å². The van der Waals surface area contributed by atoms with Crippen molar-refractivity contribution in [3.63, 3.8) is 0 Å². The zero-order valence-corrected chi connectivity index (χ0v) is 9.71. The third-order valence-electron chi connectivity index (χ3n) is 2.74. The van der Waals surface area contributed by atoms with Crippen molar-refractivity contribution in [1.82, 2.24) is 5.48 Å². The van der Waals surface area contributed by atoms with Gasteiger partial charge in [0.05, 0.1) is 5.41 Å². The third kappa shape index (κ3) is 1.52. The smallest absolute Gasteiger partial charge is 0.128 e. The van der Waals surface area contributed by atoms with E-state index in [0.717, 1.165) is 18.4 Å². The van der Waals surface area contributed by atoms with Crippen molar-refractivity contribution in [2.75, 3.05) is 0 Å². The Balaban J connectivity index is 2.31. The zero-order chi connectivity index (χ0) is 10.2. The molecule has 0 amide bonds. The molecule has 0 bridgehead atoms. The van der Waals surface area contributed by atoms with Crippen LogP contribution in [-0.4, -0.2) is 11.0 Å². The fourth-order valence-corrected chi connectivity index (χ4v) is 2.04. The molecule has 0 spiro atoms.